The second kappa shape index (κ2) is 9.43. The molecule has 1 fully saturated rings. The summed E-state index contributed by atoms with van der Waals surface area (Å²) in [6, 6.07) is 15.8. The third-order valence-electron chi connectivity index (χ3n) is 6.43. The molecule has 1 N–H and O–H groups in total. The second-order valence-corrected chi connectivity index (χ2v) is 8.94. The van der Waals surface area contributed by atoms with Crippen LogP contribution >= 0.6 is 0 Å². The summed E-state index contributed by atoms with van der Waals surface area (Å²) in [6.07, 6.45) is 11.6. The minimum Gasteiger partial charge on any atom is -0.338 e. The van der Waals surface area contributed by atoms with Crippen molar-refractivity contribution < 1.29 is 9.59 Å². The molecule has 34 heavy (non-hydrogen) atoms. The van der Waals surface area contributed by atoms with Crippen molar-refractivity contribution >= 4 is 29.3 Å². The highest BCUT2D eigenvalue weighted by Crippen LogP contribution is 2.40. The zero-order valence-electron chi connectivity index (χ0n) is 19.0. The van der Waals surface area contributed by atoms with Crippen LogP contribution in [0.15, 0.2) is 79.3 Å². The number of nitrogens with one attached hydrogen (secondary N) is 1. The van der Waals surface area contributed by atoms with Crippen molar-refractivity contribution in [1.29, 1.82) is 0 Å². The molecule has 6 heteroatoms. The molecule has 1 aliphatic heterocycles. The molecule has 0 radical (unpaired) electrons. The number of anilines is 1. The fraction of sp³-hybridized carbons (Fsp3) is 0.214. The summed E-state index contributed by atoms with van der Waals surface area (Å²) >= 11 is 0. The largest absolute Gasteiger partial charge is 0.338 e. The second-order valence-electron chi connectivity index (χ2n) is 8.94. The van der Waals surface area contributed by atoms with Gasteiger partial charge in [-0.3, -0.25) is 14.6 Å². The van der Waals surface area contributed by atoms with E-state index in [1.54, 1.807) is 36.7 Å². The van der Waals surface area contributed by atoms with Gasteiger partial charge in [-0.15, -0.1) is 0 Å². The summed E-state index contributed by atoms with van der Waals surface area (Å²) < 4.78 is 0. The van der Waals surface area contributed by atoms with Gasteiger partial charge in [0.1, 0.15) is 5.82 Å². The predicted octanol–water partition coefficient (Wildman–Crippen LogP) is 4.61. The number of aromatic nitrogens is 2. The number of amides is 2. The number of carbonyl (C=O) groups excluding carboxylic acids is 2. The minimum atomic E-state index is -0.258. The van der Waals surface area contributed by atoms with Crippen molar-refractivity contribution in [1.82, 2.24) is 14.9 Å². The first-order chi connectivity index (χ1) is 16.5. The Morgan fingerprint density at radius 1 is 1.06 bits per heavy atom. The van der Waals surface area contributed by atoms with Crippen molar-refractivity contribution in [2.45, 2.75) is 13.3 Å². The van der Waals surface area contributed by atoms with Crippen molar-refractivity contribution in [3.63, 3.8) is 0 Å². The highest BCUT2D eigenvalue weighted by Gasteiger charge is 2.37. The van der Waals surface area contributed by atoms with Crippen LogP contribution in [0.5, 0.6) is 0 Å². The van der Waals surface area contributed by atoms with E-state index in [-0.39, 0.29) is 11.8 Å². The molecule has 1 saturated heterocycles. The molecule has 0 saturated carbocycles. The monoisotopic (exact) mass is 450 g/mol. The van der Waals surface area contributed by atoms with E-state index in [0.717, 1.165) is 30.6 Å². The fourth-order valence-electron chi connectivity index (χ4n) is 4.67. The number of hydrogen-bond acceptors (Lipinski definition) is 4. The van der Waals surface area contributed by atoms with Gasteiger partial charge < -0.3 is 10.2 Å². The van der Waals surface area contributed by atoms with Crippen LogP contribution in [0.2, 0.25) is 0 Å². The number of nitrogens with zero attached hydrogens (tertiary/aromatic N) is 3. The summed E-state index contributed by atoms with van der Waals surface area (Å²) in [6.45, 7) is 3.44. The molecule has 0 bridgehead atoms. The number of aryl methyl sites for hydroxylation is 1. The van der Waals surface area contributed by atoms with Gasteiger partial charge in [-0.05, 0) is 71.7 Å². The van der Waals surface area contributed by atoms with Gasteiger partial charge in [0, 0.05) is 37.8 Å². The Morgan fingerprint density at radius 2 is 1.91 bits per heavy atom. The number of pyridine rings is 2. The molecular weight excluding hydrogens is 424 g/mol. The Hall–Kier alpha value is -4.06. The first kappa shape index (κ1) is 21.8. The van der Waals surface area contributed by atoms with Gasteiger partial charge in [0.2, 0.25) is 5.91 Å². The molecule has 2 amide bonds. The number of allylic oxidation sites excluding steroid dienone is 1. The lowest BCUT2D eigenvalue weighted by molar-refractivity contribution is -0.125. The quantitative estimate of drug-likeness (QED) is 0.576. The average Bonchev–Trinajstić information content (AvgIpc) is 3.44. The maximum absolute atomic E-state index is 12.7. The van der Waals surface area contributed by atoms with E-state index in [9.17, 15) is 9.59 Å². The Kier molecular flexibility index (Phi) is 6.04. The van der Waals surface area contributed by atoms with Crippen molar-refractivity contribution in [3.05, 3.63) is 102 Å². The third-order valence-corrected chi connectivity index (χ3v) is 6.43. The molecular formula is C28H26N4O2. The van der Waals surface area contributed by atoms with Crippen LogP contribution in [0.4, 0.5) is 5.82 Å². The predicted molar refractivity (Wildman–Crippen MR) is 133 cm³/mol. The molecule has 3 aromatic rings. The molecule has 3 heterocycles. The molecule has 5 rings (SSSR count). The maximum atomic E-state index is 12.7. The summed E-state index contributed by atoms with van der Waals surface area (Å²) in [4.78, 5) is 35.3. The van der Waals surface area contributed by atoms with E-state index in [4.69, 9.17) is 0 Å². The standard InChI is InChI=1S/C28H26N4O2/c1-19-11-23(16-29-14-19)28(34)31-26-9-7-20(15-30-26)8-10-27(33)32-17-24-12-22(13-25(24)18-32)21-5-3-2-4-6-21/h2-12,14-16,24-25H,13,17-18H2,1H3,(H,30,31,34)/b10-8+. The van der Waals surface area contributed by atoms with Gasteiger partial charge in [-0.2, -0.15) is 0 Å². The van der Waals surface area contributed by atoms with Crippen molar-refractivity contribution in [3.8, 4) is 0 Å². The van der Waals surface area contributed by atoms with Crippen LogP contribution in [0.3, 0.4) is 0 Å². The van der Waals surface area contributed by atoms with Crippen LogP contribution in [0.25, 0.3) is 11.6 Å². The molecule has 0 spiro atoms. The lowest BCUT2D eigenvalue weighted by Crippen LogP contribution is -2.27. The lowest BCUT2D eigenvalue weighted by atomic mass is 9.98. The normalized spacial score (nSPS) is 19.2. The third kappa shape index (κ3) is 4.81. The van der Waals surface area contributed by atoms with Gasteiger partial charge in [-0.25, -0.2) is 4.98 Å². The summed E-state index contributed by atoms with van der Waals surface area (Å²) in [5.41, 5.74) is 4.89. The summed E-state index contributed by atoms with van der Waals surface area (Å²) in [5, 5.41) is 2.77. The molecule has 1 aromatic carbocycles. The van der Waals surface area contributed by atoms with E-state index >= 15 is 0 Å². The van der Waals surface area contributed by atoms with Gasteiger partial charge in [0.05, 0.1) is 5.56 Å². The average molecular weight is 451 g/mol. The lowest BCUT2D eigenvalue weighted by Gasteiger charge is -2.15. The molecule has 1 aliphatic carbocycles. The number of fused-ring (bicyclic) bond motifs is 1. The Morgan fingerprint density at radius 3 is 2.65 bits per heavy atom. The zero-order valence-corrected chi connectivity index (χ0v) is 19.0. The van der Waals surface area contributed by atoms with Crippen molar-refractivity contribution in [2.24, 2.45) is 11.8 Å². The molecule has 2 aromatic heterocycles. The van der Waals surface area contributed by atoms with E-state index in [1.807, 2.05) is 24.0 Å². The molecule has 170 valence electrons. The van der Waals surface area contributed by atoms with Gasteiger partial charge in [0.25, 0.3) is 5.91 Å². The SMILES string of the molecule is Cc1cncc(C(=O)Nc2ccc(/C=C/C(=O)N3CC4C=C(c5ccccc5)CC4C3)cn2)c1. The fourth-order valence-corrected chi connectivity index (χ4v) is 4.67. The van der Waals surface area contributed by atoms with E-state index in [1.165, 1.54) is 17.3 Å². The number of rotatable bonds is 5. The highest BCUT2D eigenvalue weighted by atomic mass is 16.2. The smallest absolute Gasteiger partial charge is 0.258 e. The Bertz CT molecular complexity index is 1270. The van der Waals surface area contributed by atoms with Crippen LogP contribution in [-0.2, 0) is 4.79 Å². The molecule has 2 atom stereocenters. The van der Waals surface area contributed by atoms with Gasteiger partial charge in [0.15, 0.2) is 0 Å². The van der Waals surface area contributed by atoms with Crippen LogP contribution in [0, 0.1) is 18.8 Å². The molecule has 2 unspecified atom stereocenters. The number of benzene rings is 1. The van der Waals surface area contributed by atoms with Crippen LogP contribution in [-0.4, -0.2) is 39.8 Å². The van der Waals surface area contributed by atoms with Gasteiger partial charge >= 0.3 is 0 Å². The minimum absolute atomic E-state index is 0.0217. The van der Waals surface area contributed by atoms with Crippen LogP contribution < -0.4 is 5.32 Å². The topological polar surface area (TPSA) is 75.2 Å². The zero-order chi connectivity index (χ0) is 23.5. The number of carbonyl (C=O) groups is 2. The first-order valence-electron chi connectivity index (χ1n) is 11.5. The Labute approximate surface area is 199 Å². The van der Waals surface area contributed by atoms with E-state index < -0.39 is 0 Å². The Balaban J connectivity index is 1.16. The maximum Gasteiger partial charge on any atom is 0.258 e. The molecule has 2 aliphatic rings. The van der Waals surface area contributed by atoms with E-state index in [0.29, 0.717) is 23.2 Å². The number of hydrogen-bond donors (Lipinski definition) is 1. The number of likely N-dealkylation sites (tertiary alicyclic amines) is 1. The first-order valence-corrected chi connectivity index (χ1v) is 11.5. The highest BCUT2D eigenvalue weighted by molar-refractivity contribution is 6.03. The summed E-state index contributed by atoms with van der Waals surface area (Å²) in [5.74, 6) is 1.14. The van der Waals surface area contributed by atoms with Crippen LogP contribution in [0.1, 0.15) is 33.5 Å². The van der Waals surface area contributed by atoms with Gasteiger partial charge in [-0.1, -0.05) is 36.4 Å². The molecule has 6 nitrogen and oxygen atoms in total. The summed E-state index contributed by atoms with van der Waals surface area (Å²) in [7, 11) is 0. The van der Waals surface area contributed by atoms with E-state index in [2.05, 4.69) is 45.6 Å². The van der Waals surface area contributed by atoms with Crippen molar-refractivity contribution in [2.75, 3.05) is 18.4 Å².